The zero-order valence-corrected chi connectivity index (χ0v) is 14.2. The number of thiazole rings is 1. The Hall–Kier alpha value is -1.72. The Balaban J connectivity index is 1.61. The summed E-state index contributed by atoms with van der Waals surface area (Å²) < 4.78 is 5.21. The number of amides is 1. The number of anilines is 1. The van der Waals surface area contributed by atoms with Gasteiger partial charge < -0.3 is 10.1 Å². The van der Waals surface area contributed by atoms with E-state index >= 15 is 0 Å². The van der Waals surface area contributed by atoms with Crippen molar-refractivity contribution >= 4 is 22.4 Å². The molecule has 0 spiro atoms. The van der Waals surface area contributed by atoms with Gasteiger partial charge in [-0.2, -0.15) is 0 Å². The number of hydrogen-bond donors (Lipinski definition) is 1. The second-order valence-electron chi connectivity index (χ2n) is 5.73. The highest BCUT2D eigenvalue weighted by Gasteiger charge is 2.24. The predicted octanol–water partition coefficient (Wildman–Crippen LogP) is 3.78. The maximum atomic E-state index is 11.9. The molecule has 1 atom stereocenters. The largest absolute Gasteiger partial charge is 0.381 e. The molecule has 0 saturated carbocycles. The molecule has 1 aliphatic rings. The lowest BCUT2D eigenvalue weighted by Gasteiger charge is -2.21. The molecule has 1 aliphatic carbocycles. The molecule has 2 aromatic rings. The molecule has 0 bridgehead atoms. The number of carbonyl (C=O) groups excluding carboxylic acids is 1. The minimum Gasteiger partial charge on any atom is -0.381 e. The Morgan fingerprint density at radius 1 is 1.39 bits per heavy atom. The lowest BCUT2D eigenvalue weighted by atomic mass is 9.85. The average molecular weight is 330 g/mol. The summed E-state index contributed by atoms with van der Waals surface area (Å²) in [5.74, 6) is 0.537. The first-order valence-corrected chi connectivity index (χ1v) is 8.99. The molecule has 5 heteroatoms. The number of aromatic nitrogens is 1. The fraction of sp³-hybridized carbons (Fsp3) is 0.444. The van der Waals surface area contributed by atoms with Gasteiger partial charge in [0, 0.05) is 11.5 Å². The van der Waals surface area contributed by atoms with Crippen LogP contribution in [0.4, 0.5) is 5.13 Å². The van der Waals surface area contributed by atoms with Gasteiger partial charge in [0.1, 0.15) is 0 Å². The Labute approximate surface area is 140 Å². The first kappa shape index (κ1) is 16.1. The maximum absolute atomic E-state index is 11.9. The van der Waals surface area contributed by atoms with E-state index in [2.05, 4.69) is 40.6 Å². The van der Waals surface area contributed by atoms with Crippen molar-refractivity contribution < 1.29 is 9.53 Å². The van der Waals surface area contributed by atoms with Gasteiger partial charge in [0.25, 0.3) is 0 Å². The molecule has 1 aromatic carbocycles. The SMILES string of the molecule is CCOCCC(=O)Nc1nc2c(s1)CC(c1ccccc1)CC2. The van der Waals surface area contributed by atoms with Gasteiger partial charge in [-0.25, -0.2) is 4.98 Å². The van der Waals surface area contributed by atoms with Crippen LogP contribution in [0.2, 0.25) is 0 Å². The van der Waals surface area contributed by atoms with Gasteiger partial charge in [0.15, 0.2) is 5.13 Å². The first-order valence-electron chi connectivity index (χ1n) is 8.17. The molecule has 1 amide bonds. The molecule has 1 N–H and O–H groups in total. The summed E-state index contributed by atoms with van der Waals surface area (Å²) in [6, 6.07) is 10.7. The van der Waals surface area contributed by atoms with E-state index in [4.69, 9.17) is 4.74 Å². The van der Waals surface area contributed by atoms with Crippen LogP contribution in [0.3, 0.4) is 0 Å². The molecule has 0 saturated heterocycles. The Morgan fingerprint density at radius 3 is 3.00 bits per heavy atom. The number of benzene rings is 1. The van der Waals surface area contributed by atoms with E-state index in [1.807, 2.05) is 6.92 Å². The molecule has 3 rings (SSSR count). The van der Waals surface area contributed by atoms with Gasteiger partial charge in [-0.1, -0.05) is 30.3 Å². The molecule has 1 heterocycles. The van der Waals surface area contributed by atoms with Crippen LogP contribution in [0.5, 0.6) is 0 Å². The second kappa shape index (κ2) is 7.70. The van der Waals surface area contributed by atoms with Gasteiger partial charge >= 0.3 is 0 Å². The number of rotatable bonds is 6. The third kappa shape index (κ3) is 4.18. The van der Waals surface area contributed by atoms with E-state index in [0.29, 0.717) is 25.6 Å². The summed E-state index contributed by atoms with van der Waals surface area (Å²) >= 11 is 1.62. The second-order valence-corrected chi connectivity index (χ2v) is 6.82. The van der Waals surface area contributed by atoms with Crippen molar-refractivity contribution in [1.29, 1.82) is 0 Å². The summed E-state index contributed by atoms with van der Waals surface area (Å²) in [5.41, 5.74) is 2.55. The highest BCUT2D eigenvalue weighted by atomic mass is 32.1. The lowest BCUT2D eigenvalue weighted by molar-refractivity contribution is -0.117. The summed E-state index contributed by atoms with van der Waals surface area (Å²) in [6.45, 7) is 3.03. The van der Waals surface area contributed by atoms with Crippen molar-refractivity contribution in [2.24, 2.45) is 0 Å². The van der Waals surface area contributed by atoms with Crippen LogP contribution in [0.15, 0.2) is 30.3 Å². The van der Waals surface area contributed by atoms with Crippen LogP contribution < -0.4 is 5.32 Å². The smallest absolute Gasteiger partial charge is 0.228 e. The van der Waals surface area contributed by atoms with E-state index in [-0.39, 0.29) is 5.91 Å². The van der Waals surface area contributed by atoms with Crippen molar-refractivity contribution in [3.63, 3.8) is 0 Å². The molecule has 4 nitrogen and oxygen atoms in total. The number of nitrogens with one attached hydrogen (secondary N) is 1. The zero-order valence-electron chi connectivity index (χ0n) is 13.4. The van der Waals surface area contributed by atoms with Gasteiger partial charge in [-0.15, -0.1) is 11.3 Å². The van der Waals surface area contributed by atoms with Crippen molar-refractivity contribution in [2.75, 3.05) is 18.5 Å². The average Bonchev–Trinajstić information content (AvgIpc) is 2.97. The van der Waals surface area contributed by atoms with Gasteiger partial charge in [-0.05, 0) is 37.7 Å². The quantitative estimate of drug-likeness (QED) is 0.820. The third-order valence-corrected chi connectivity index (χ3v) is 5.17. The Kier molecular flexibility index (Phi) is 5.41. The third-order valence-electron chi connectivity index (χ3n) is 4.13. The molecule has 0 radical (unpaired) electrons. The number of aryl methyl sites for hydroxylation is 1. The van der Waals surface area contributed by atoms with Crippen molar-refractivity contribution in [2.45, 2.75) is 38.5 Å². The molecule has 23 heavy (non-hydrogen) atoms. The summed E-state index contributed by atoms with van der Waals surface area (Å²) in [5, 5.41) is 3.63. The van der Waals surface area contributed by atoms with E-state index < -0.39 is 0 Å². The molecular formula is C18H22N2O2S. The first-order chi connectivity index (χ1) is 11.3. The van der Waals surface area contributed by atoms with E-state index in [1.54, 1.807) is 11.3 Å². The summed E-state index contributed by atoms with van der Waals surface area (Å²) in [4.78, 5) is 17.8. The highest BCUT2D eigenvalue weighted by Crippen LogP contribution is 2.36. The van der Waals surface area contributed by atoms with Crippen LogP contribution in [0, 0.1) is 0 Å². The molecule has 1 aromatic heterocycles. The highest BCUT2D eigenvalue weighted by molar-refractivity contribution is 7.15. The maximum Gasteiger partial charge on any atom is 0.228 e. The van der Waals surface area contributed by atoms with Crippen molar-refractivity contribution in [1.82, 2.24) is 4.98 Å². The van der Waals surface area contributed by atoms with E-state index in [0.717, 1.165) is 30.1 Å². The molecular weight excluding hydrogens is 308 g/mol. The fourth-order valence-corrected chi connectivity index (χ4v) is 4.03. The standard InChI is InChI=1S/C18H22N2O2S/c1-2-22-11-10-17(21)20-18-19-15-9-8-14(12-16(15)23-18)13-6-4-3-5-7-13/h3-7,14H,2,8-12H2,1H3,(H,19,20,21). The topological polar surface area (TPSA) is 51.2 Å². The van der Waals surface area contributed by atoms with Crippen molar-refractivity contribution in [3.05, 3.63) is 46.5 Å². The van der Waals surface area contributed by atoms with Gasteiger partial charge in [-0.3, -0.25) is 4.79 Å². The van der Waals surface area contributed by atoms with Crippen LogP contribution in [-0.2, 0) is 22.4 Å². The summed E-state index contributed by atoms with van der Waals surface area (Å²) in [7, 11) is 0. The van der Waals surface area contributed by atoms with Gasteiger partial charge in [0.05, 0.1) is 18.7 Å². The Morgan fingerprint density at radius 2 is 2.22 bits per heavy atom. The summed E-state index contributed by atoms with van der Waals surface area (Å²) in [6.07, 6.45) is 3.51. The van der Waals surface area contributed by atoms with E-state index in [1.165, 1.54) is 10.4 Å². The van der Waals surface area contributed by atoms with Crippen molar-refractivity contribution in [3.8, 4) is 0 Å². The van der Waals surface area contributed by atoms with Crippen LogP contribution in [0.1, 0.15) is 41.8 Å². The monoisotopic (exact) mass is 330 g/mol. The van der Waals surface area contributed by atoms with Crippen LogP contribution in [0.25, 0.3) is 0 Å². The Bertz CT molecular complexity index is 654. The number of carbonyl (C=O) groups is 1. The van der Waals surface area contributed by atoms with E-state index in [9.17, 15) is 4.79 Å². The van der Waals surface area contributed by atoms with Gasteiger partial charge in [0.2, 0.25) is 5.91 Å². The minimum absolute atomic E-state index is 0.0239. The molecule has 0 aliphatic heterocycles. The molecule has 1 unspecified atom stereocenters. The number of nitrogens with zero attached hydrogens (tertiary/aromatic N) is 1. The lowest BCUT2D eigenvalue weighted by Crippen LogP contribution is -2.14. The normalized spacial score (nSPS) is 16.8. The zero-order chi connectivity index (χ0) is 16.1. The predicted molar refractivity (Wildman–Crippen MR) is 93.1 cm³/mol. The minimum atomic E-state index is -0.0239. The van der Waals surface area contributed by atoms with Crippen LogP contribution >= 0.6 is 11.3 Å². The fourth-order valence-electron chi connectivity index (χ4n) is 2.93. The number of hydrogen-bond acceptors (Lipinski definition) is 4. The van der Waals surface area contributed by atoms with Crippen LogP contribution in [-0.4, -0.2) is 24.1 Å². The number of ether oxygens (including phenoxy) is 1. The molecule has 0 fully saturated rings. The number of fused-ring (bicyclic) bond motifs is 1. The molecule has 122 valence electrons.